The maximum Gasteiger partial charge on any atom is 0.226 e. The van der Waals surface area contributed by atoms with Gasteiger partial charge in [-0.3, -0.25) is 4.79 Å². The topological polar surface area (TPSA) is 20.3 Å². The number of para-hydroxylation sites is 1. The number of nitrogens with zero attached hydrogens (tertiary/aromatic N) is 1. The summed E-state index contributed by atoms with van der Waals surface area (Å²) in [6, 6.07) is 8.37. The highest BCUT2D eigenvalue weighted by Gasteiger charge is 2.26. The summed E-state index contributed by atoms with van der Waals surface area (Å²) >= 11 is 0. The third-order valence-electron chi connectivity index (χ3n) is 2.89. The number of fused-ring (bicyclic) bond motifs is 1. The number of rotatable bonds is 1. The fraction of sp³-hybridized carbons (Fsp3) is 0.385. The molecule has 79 valence electrons. The molecule has 0 aromatic heterocycles. The van der Waals surface area contributed by atoms with E-state index in [9.17, 15) is 4.79 Å². The first-order chi connectivity index (χ1) is 7.24. The number of hydrogen-bond donors (Lipinski definition) is 0. The van der Waals surface area contributed by atoms with Crippen LogP contribution < -0.4 is 4.90 Å². The molecule has 1 atom stereocenters. The van der Waals surface area contributed by atoms with Crippen molar-refractivity contribution in [3.8, 4) is 0 Å². The van der Waals surface area contributed by atoms with Crippen LogP contribution >= 0.6 is 0 Å². The van der Waals surface area contributed by atoms with Gasteiger partial charge in [-0.15, -0.1) is 0 Å². The highest BCUT2D eigenvalue weighted by molar-refractivity contribution is 5.95. The Balaban J connectivity index is 2.41. The van der Waals surface area contributed by atoms with Crippen molar-refractivity contribution >= 4 is 11.6 Å². The van der Waals surface area contributed by atoms with Gasteiger partial charge < -0.3 is 4.90 Å². The summed E-state index contributed by atoms with van der Waals surface area (Å²) in [6.45, 7) is 4.01. The van der Waals surface area contributed by atoms with E-state index in [4.69, 9.17) is 0 Å². The number of benzene rings is 1. The number of carbonyl (C=O) groups is 1. The molecule has 0 bridgehead atoms. The van der Waals surface area contributed by atoms with Crippen molar-refractivity contribution in [3.05, 3.63) is 36.2 Å². The van der Waals surface area contributed by atoms with Crippen molar-refractivity contribution < 1.29 is 4.79 Å². The van der Waals surface area contributed by atoms with Crippen LogP contribution in [0, 0.1) is 6.42 Å². The van der Waals surface area contributed by atoms with Crippen LogP contribution in [-0.4, -0.2) is 11.9 Å². The average Bonchev–Trinajstić information content (AvgIpc) is 2.28. The summed E-state index contributed by atoms with van der Waals surface area (Å²) in [4.78, 5) is 13.8. The Hall–Kier alpha value is -1.31. The second kappa shape index (κ2) is 4.05. The molecule has 0 spiro atoms. The van der Waals surface area contributed by atoms with Crippen LogP contribution in [0.2, 0.25) is 0 Å². The smallest absolute Gasteiger partial charge is 0.226 e. The highest BCUT2D eigenvalue weighted by atomic mass is 16.2. The standard InChI is InChI=1S/C13H16NO/c1-3-13(15)14-10(2)8-9-11-6-4-5-7-12(11)14/h4-7,9-10H,3,8H2,1-2H3/t10-/m0/s1. The van der Waals surface area contributed by atoms with E-state index in [1.807, 2.05) is 30.0 Å². The molecule has 0 fully saturated rings. The van der Waals surface area contributed by atoms with Crippen molar-refractivity contribution in [2.24, 2.45) is 0 Å². The molecular weight excluding hydrogens is 186 g/mol. The minimum Gasteiger partial charge on any atom is -0.309 e. The van der Waals surface area contributed by atoms with E-state index < -0.39 is 0 Å². The second-order valence-electron chi connectivity index (χ2n) is 3.96. The van der Waals surface area contributed by atoms with Gasteiger partial charge in [0.05, 0.1) is 0 Å². The summed E-state index contributed by atoms with van der Waals surface area (Å²) in [5.41, 5.74) is 2.24. The van der Waals surface area contributed by atoms with Crippen LogP contribution in [0.25, 0.3) is 0 Å². The lowest BCUT2D eigenvalue weighted by Gasteiger charge is -2.35. The van der Waals surface area contributed by atoms with E-state index in [2.05, 4.69) is 19.4 Å². The molecule has 0 N–H and O–H groups in total. The molecule has 0 saturated carbocycles. The molecule has 2 rings (SSSR count). The molecule has 0 aliphatic carbocycles. The predicted octanol–water partition coefficient (Wildman–Crippen LogP) is 2.77. The van der Waals surface area contributed by atoms with E-state index in [1.54, 1.807) is 0 Å². The summed E-state index contributed by atoms with van der Waals surface area (Å²) in [6.07, 6.45) is 3.72. The minimum atomic E-state index is 0.211. The molecule has 0 saturated heterocycles. The molecule has 2 heteroatoms. The van der Waals surface area contributed by atoms with Crippen LogP contribution in [0.1, 0.15) is 32.3 Å². The summed E-state index contributed by atoms with van der Waals surface area (Å²) < 4.78 is 0. The zero-order chi connectivity index (χ0) is 10.8. The Labute approximate surface area is 90.9 Å². The van der Waals surface area contributed by atoms with Crippen molar-refractivity contribution in [3.63, 3.8) is 0 Å². The van der Waals surface area contributed by atoms with Crippen molar-refractivity contribution in [1.29, 1.82) is 0 Å². The van der Waals surface area contributed by atoms with E-state index >= 15 is 0 Å². The lowest BCUT2D eigenvalue weighted by Crippen LogP contribution is -2.41. The van der Waals surface area contributed by atoms with Gasteiger partial charge in [0.15, 0.2) is 0 Å². The second-order valence-corrected chi connectivity index (χ2v) is 3.96. The molecule has 2 nitrogen and oxygen atoms in total. The van der Waals surface area contributed by atoms with Crippen molar-refractivity contribution in [1.82, 2.24) is 0 Å². The SMILES string of the molecule is CCC(=O)N1c2ccccc2[CH]C[C@@H]1C. The van der Waals surface area contributed by atoms with E-state index in [-0.39, 0.29) is 11.9 Å². The molecule has 1 heterocycles. The number of carbonyl (C=O) groups excluding carboxylic acids is 1. The van der Waals surface area contributed by atoms with Gasteiger partial charge >= 0.3 is 0 Å². The van der Waals surface area contributed by atoms with Gasteiger partial charge in [-0.25, -0.2) is 0 Å². The van der Waals surface area contributed by atoms with E-state index in [0.29, 0.717) is 6.42 Å². The number of hydrogen-bond acceptors (Lipinski definition) is 1. The van der Waals surface area contributed by atoms with Crippen LogP contribution in [0.15, 0.2) is 24.3 Å². The molecule has 1 radical (unpaired) electrons. The molecule has 1 amide bonds. The Kier molecular flexibility index (Phi) is 2.76. The van der Waals surface area contributed by atoms with Crippen molar-refractivity contribution in [2.75, 3.05) is 4.90 Å². The fourth-order valence-electron chi connectivity index (χ4n) is 2.07. The third kappa shape index (κ3) is 1.76. The van der Waals surface area contributed by atoms with Gasteiger partial charge in [0, 0.05) is 18.2 Å². The summed E-state index contributed by atoms with van der Waals surface area (Å²) in [7, 11) is 0. The van der Waals surface area contributed by atoms with Gasteiger partial charge in [0.2, 0.25) is 5.91 Å². The van der Waals surface area contributed by atoms with Gasteiger partial charge in [-0.05, 0) is 31.4 Å². The first kappa shape index (κ1) is 10.2. The number of amides is 1. The highest BCUT2D eigenvalue weighted by Crippen LogP contribution is 2.31. The first-order valence-electron chi connectivity index (χ1n) is 5.48. The Morgan fingerprint density at radius 1 is 1.47 bits per heavy atom. The third-order valence-corrected chi connectivity index (χ3v) is 2.89. The lowest BCUT2D eigenvalue weighted by atomic mass is 9.96. The fourth-order valence-corrected chi connectivity index (χ4v) is 2.07. The van der Waals surface area contributed by atoms with Crippen LogP contribution in [-0.2, 0) is 4.79 Å². The normalized spacial score (nSPS) is 19.9. The molecule has 1 aromatic carbocycles. The Morgan fingerprint density at radius 3 is 2.93 bits per heavy atom. The van der Waals surface area contributed by atoms with Crippen LogP contribution in [0.3, 0.4) is 0 Å². The van der Waals surface area contributed by atoms with Crippen LogP contribution in [0.4, 0.5) is 5.69 Å². The number of anilines is 1. The summed E-state index contributed by atoms with van der Waals surface area (Å²) in [5.74, 6) is 0.211. The van der Waals surface area contributed by atoms with Gasteiger partial charge in [0.1, 0.15) is 0 Å². The van der Waals surface area contributed by atoms with Crippen LogP contribution in [0.5, 0.6) is 0 Å². The molecule has 15 heavy (non-hydrogen) atoms. The van der Waals surface area contributed by atoms with Crippen molar-refractivity contribution in [2.45, 2.75) is 32.7 Å². The molecule has 1 aliphatic rings. The van der Waals surface area contributed by atoms with Gasteiger partial charge in [-0.2, -0.15) is 0 Å². The molecule has 1 aliphatic heterocycles. The summed E-state index contributed by atoms with van der Waals surface area (Å²) in [5, 5.41) is 0. The lowest BCUT2D eigenvalue weighted by molar-refractivity contribution is -0.118. The first-order valence-corrected chi connectivity index (χ1v) is 5.48. The maximum atomic E-state index is 11.9. The Bertz CT molecular complexity index is 373. The van der Waals surface area contributed by atoms with E-state index in [0.717, 1.165) is 12.1 Å². The molecule has 1 aromatic rings. The minimum absolute atomic E-state index is 0.211. The average molecular weight is 202 g/mol. The zero-order valence-corrected chi connectivity index (χ0v) is 9.23. The quantitative estimate of drug-likeness (QED) is 0.685. The molecular formula is C13H16NO. The molecule has 0 unspecified atom stereocenters. The van der Waals surface area contributed by atoms with E-state index in [1.165, 1.54) is 5.56 Å². The van der Waals surface area contributed by atoms with Gasteiger partial charge in [-0.1, -0.05) is 25.1 Å². The Morgan fingerprint density at radius 2 is 2.20 bits per heavy atom. The largest absolute Gasteiger partial charge is 0.309 e. The monoisotopic (exact) mass is 202 g/mol. The van der Waals surface area contributed by atoms with Gasteiger partial charge in [0.25, 0.3) is 0 Å². The maximum absolute atomic E-state index is 11.9. The zero-order valence-electron chi connectivity index (χ0n) is 9.23. The predicted molar refractivity (Wildman–Crippen MR) is 61.7 cm³/mol.